The van der Waals surface area contributed by atoms with E-state index in [4.69, 9.17) is 0 Å². The molecule has 1 aromatic heterocycles. The Hall–Kier alpha value is -2.70. The van der Waals surface area contributed by atoms with Gasteiger partial charge in [0.2, 0.25) is 11.8 Å². The summed E-state index contributed by atoms with van der Waals surface area (Å²) in [5.74, 6) is -0.0633. The molecule has 7 nitrogen and oxygen atoms in total. The number of benzene rings is 1. The minimum atomic E-state index is -0.601. The van der Waals surface area contributed by atoms with Crippen molar-refractivity contribution in [2.24, 2.45) is 0 Å². The normalized spacial score (nSPS) is 21.8. The van der Waals surface area contributed by atoms with Crippen molar-refractivity contribution in [2.75, 3.05) is 0 Å². The number of hydrogen-bond acceptors (Lipinski definition) is 4. The van der Waals surface area contributed by atoms with Crippen LogP contribution in [0, 0.1) is 0 Å². The Labute approximate surface area is 119 Å². The predicted octanol–water partition coefficient (Wildman–Crippen LogP) is 0.625. The molecule has 0 radical (unpaired) electrons. The first-order valence-electron chi connectivity index (χ1n) is 6.76. The van der Waals surface area contributed by atoms with Crippen molar-refractivity contribution in [1.29, 1.82) is 0 Å². The van der Waals surface area contributed by atoms with E-state index in [-0.39, 0.29) is 18.4 Å². The highest BCUT2D eigenvalue weighted by Gasteiger charge is 2.40. The highest BCUT2D eigenvalue weighted by Crippen LogP contribution is 2.27. The van der Waals surface area contributed by atoms with Gasteiger partial charge in [0.05, 0.1) is 17.6 Å². The Kier molecular flexibility index (Phi) is 2.38. The molecular formula is C14H12N4O3. The Morgan fingerprint density at radius 1 is 1.19 bits per heavy atom. The van der Waals surface area contributed by atoms with Crippen LogP contribution in [0.15, 0.2) is 24.3 Å². The first-order valence-corrected chi connectivity index (χ1v) is 6.76. The van der Waals surface area contributed by atoms with Crippen LogP contribution in [0.25, 0.3) is 11.0 Å². The van der Waals surface area contributed by atoms with E-state index < -0.39 is 11.9 Å². The van der Waals surface area contributed by atoms with Crippen molar-refractivity contribution in [3.63, 3.8) is 0 Å². The monoisotopic (exact) mass is 284 g/mol. The SMILES string of the molecule is O=C1CCC(N2Cc3nc4ccccc4n3C2=O)C(=O)N1. The van der Waals surface area contributed by atoms with Gasteiger partial charge in [0.15, 0.2) is 0 Å². The molecule has 7 heteroatoms. The van der Waals surface area contributed by atoms with Crippen molar-refractivity contribution >= 4 is 28.9 Å². The molecule has 3 heterocycles. The van der Waals surface area contributed by atoms with Crippen LogP contribution in [-0.2, 0) is 16.1 Å². The van der Waals surface area contributed by atoms with Crippen molar-refractivity contribution in [3.8, 4) is 0 Å². The lowest BCUT2D eigenvalue weighted by atomic mass is 10.1. The number of carbonyl (C=O) groups excluding carboxylic acids is 3. The summed E-state index contributed by atoms with van der Waals surface area (Å²) in [6, 6.07) is 6.54. The number of imide groups is 1. The highest BCUT2D eigenvalue weighted by molar-refractivity contribution is 6.02. The molecule has 106 valence electrons. The van der Waals surface area contributed by atoms with Gasteiger partial charge in [-0.1, -0.05) is 12.1 Å². The lowest BCUT2D eigenvalue weighted by Crippen LogP contribution is -2.52. The minimum absolute atomic E-state index is 0.253. The summed E-state index contributed by atoms with van der Waals surface area (Å²) >= 11 is 0. The van der Waals surface area contributed by atoms with Gasteiger partial charge in [-0.15, -0.1) is 0 Å². The zero-order valence-electron chi connectivity index (χ0n) is 11.1. The molecule has 1 N–H and O–H groups in total. The molecule has 1 aromatic carbocycles. The number of amides is 3. The first kappa shape index (κ1) is 12.1. The van der Waals surface area contributed by atoms with Gasteiger partial charge in [-0.2, -0.15) is 0 Å². The zero-order valence-corrected chi connectivity index (χ0v) is 11.1. The number of carbonyl (C=O) groups is 3. The molecule has 2 aliphatic heterocycles. The molecule has 1 unspecified atom stereocenters. The number of nitrogens with one attached hydrogen (secondary N) is 1. The lowest BCUT2D eigenvalue weighted by Gasteiger charge is -2.28. The summed E-state index contributed by atoms with van der Waals surface area (Å²) in [7, 11) is 0. The molecule has 1 atom stereocenters. The number of piperidine rings is 1. The van der Waals surface area contributed by atoms with E-state index in [2.05, 4.69) is 10.3 Å². The molecule has 21 heavy (non-hydrogen) atoms. The van der Waals surface area contributed by atoms with Crippen LogP contribution in [0.2, 0.25) is 0 Å². The molecule has 1 fully saturated rings. The van der Waals surface area contributed by atoms with E-state index in [9.17, 15) is 14.4 Å². The summed E-state index contributed by atoms with van der Waals surface area (Å²) in [6.07, 6.45) is 0.614. The molecule has 0 aliphatic carbocycles. The number of hydrogen-bond donors (Lipinski definition) is 1. The number of aromatic nitrogens is 2. The molecule has 0 saturated carbocycles. The van der Waals surface area contributed by atoms with E-state index in [1.807, 2.05) is 24.3 Å². The fourth-order valence-corrected chi connectivity index (χ4v) is 2.97. The number of nitrogens with zero attached hydrogens (tertiary/aromatic N) is 3. The van der Waals surface area contributed by atoms with Gasteiger partial charge in [0.1, 0.15) is 11.9 Å². The van der Waals surface area contributed by atoms with Gasteiger partial charge in [-0.05, 0) is 18.6 Å². The van der Waals surface area contributed by atoms with Crippen molar-refractivity contribution in [1.82, 2.24) is 19.8 Å². The van der Waals surface area contributed by atoms with Gasteiger partial charge in [0, 0.05) is 6.42 Å². The van der Waals surface area contributed by atoms with Gasteiger partial charge in [0.25, 0.3) is 0 Å². The molecule has 4 rings (SSSR count). The fourth-order valence-electron chi connectivity index (χ4n) is 2.97. The molecule has 2 aliphatic rings. The Bertz CT molecular complexity index is 795. The molecular weight excluding hydrogens is 272 g/mol. The summed E-state index contributed by atoms with van der Waals surface area (Å²) in [5.41, 5.74) is 1.51. The maximum absolute atomic E-state index is 12.6. The quantitative estimate of drug-likeness (QED) is 0.778. The predicted molar refractivity (Wildman–Crippen MR) is 72.2 cm³/mol. The van der Waals surface area contributed by atoms with E-state index in [1.54, 1.807) is 4.57 Å². The molecule has 3 amide bonds. The zero-order chi connectivity index (χ0) is 14.6. The molecule has 1 saturated heterocycles. The van der Waals surface area contributed by atoms with Crippen molar-refractivity contribution < 1.29 is 14.4 Å². The number of para-hydroxylation sites is 2. The third-order valence-electron chi connectivity index (χ3n) is 3.97. The lowest BCUT2D eigenvalue weighted by molar-refractivity contribution is -0.136. The Balaban J connectivity index is 1.70. The summed E-state index contributed by atoms with van der Waals surface area (Å²) in [5, 5.41) is 2.28. The van der Waals surface area contributed by atoms with Crippen LogP contribution < -0.4 is 5.32 Å². The third-order valence-corrected chi connectivity index (χ3v) is 3.97. The topological polar surface area (TPSA) is 84.3 Å². The molecule has 0 spiro atoms. The highest BCUT2D eigenvalue weighted by atomic mass is 16.2. The minimum Gasteiger partial charge on any atom is -0.304 e. The van der Waals surface area contributed by atoms with Crippen LogP contribution in [0.3, 0.4) is 0 Å². The Morgan fingerprint density at radius 3 is 2.81 bits per heavy atom. The van der Waals surface area contributed by atoms with E-state index >= 15 is 0 Å². The van der Waals surface area contributed by atoms with Crippen LogP contribution in [0.1, 0.15) is 18.7 Å². The Morgan fingerprint density at radius 2 is 2.00 bits per heavy atom. The van der Waals surface area contributed by atoms with Gasteiger partial charge >= 0.3 is 6.03 Å². The third kappa shape index (κ3) is 1.67. The number of rotatable bonds is 1. The van der Waals surface area contributed by atoms with Crippen LogP contribution >= 0.6 is 0 Å². The second kappa shape index (κ2) is 4.15. The molecule has 0 bridgehead atoms. The standard InChI is InChI=1S/C14H12N4O3/c19-12-6-5-10(13(20)16-12)17-7-11-15-8-3-1-2-4-9(8)18(11)14(17)21/h1-4,10H,5-7H2,(H,16,19,20). The van der Waals surface area contributed by atoms with Crippen molar-refractivity contribution in [3.05, 3.63) is 30.1 Å². The van der Waals surface area contributed by atoms with E-state index in [1.165, 1.54) is 4.90 Å². The average Bonchev–Trinajstić information content (AvgIpc) is 2.96. The van der Waals surface area contributed by atoms with Crippen LogP contribution in [0.4, 0.5) is 4.79 Å². The summed E-state index contributed by atoms with van der Waals surface area (Å²) < 4.78 is 1.54. The maximum Gasteiger partial charge on any atom is 0.331 e. The second-order valence-electron chi connectivity index (χ2n) is 5.23. The van der Waals surface area contributed by atoms with Gasteiger partial charge < -0.3 is 4.90 Å². The summed E-state index contributed by atoms with van der Waals surface area (Å²) in [6.45, 7) is 0.291. The van der Waals surface area contributed by atoms with Crippen LogP contribution in [-0.4, -0.2) is 38.3 Å². The summed E-state index contributed by atoms with van der Waals surface area (Å²) in [4.78, 5) is 41.6. The van der Waals surface area contributed by atoms with E-state index in [0.29, 0.717) is 18.8 Å². The number of fused-ring (bicyclic) bond motifs is 3. The second-order valence-corrected chi connectivity index (χ2v) is 5.23. The molecule has 2 aromatic rings. The smallest absolute Gasteiger partial charge is 0.304 e. The first-order chi connectivity index (χ1) is 10.1. The van der Waals surface area contributed by atoms with Gasteiger partial charge in [-0.25, -0.2) is 14.3 Å². The fraction of sp³-hybridized carbons (Fsp3) is 0.286. The van der Waals surface area contributed by atoms with Crippen LogP contribution in [0.5, 0.6) is 0 Å². The van der Waals surface area contributed by atoms with Gasteiger partial charge in [-0.3, -0.25) is 14.9 Å². The van der Waals surface area contributed by atoms with Crippen molar-refractivity contribution in [2.45, 2.75) is 25.4 Å². The maximum atomic E-state index is 12.6. The number of imidazole rings is 1. The van der Waals surface area contributed by atoms with E-state index in [0.717, 1.165) is 11.0 Å². The average molecular weight is 284 g/mol. The largest absolute Gasteiger partial charge is 0.331 e.